The fourth-order valence-corrected chi connectivity index (χ4v) is 1.81. The van der Waals surface area contributed by atoms with Gasteiger partial charge in [0.05, 0.1) is 19.2 Å². The topological polar surface area (TPSA) is 58.6 Å². The molecule has 0 aromatic heterocycles. The zero-order chi connectivity index (χ0) is 15.8. The largest absolute Gasteiger partial charge is 0.465 e. The van der Waals surface area contributed by atoms with Crippen molar-refractivity contribution in [1.29, 1.82) is 0 Å². The minimum Gasteiger partial charge on any atom is -0.465 e. The molecule has 5 nitrogen and oxygen atoms in total. The molecule has 0 saturated carbocycles. The first kappa shape index (κ1) is 17.5. The van der Waals surface area contributed by atoms with Gasteiger partial charge >= 0.3 is 5.97 Å². The first-order chi connectivity index (χ1) is 9.93. The molecule has 0 aliphatic heterocycles. The van der Waals surface area contributed by atoms with Crippen LogP contribution in [0.1, 0.15) is 19.4 Å². The maximum absolute atomic E-state index is 12.0. The Kier molecular flexibility index (Phi) is 7.19. The Labute approximate surface area is 130 Å². The molecule has 0 saturated heterocycles. The molecule has 0 spiro atoms. The van der Waals surface area contributed by atoms with E-state index in [4.69, 9.17) is 16.3 Å². The van der Waals surface area contributed by atoms with Gasteiger partial charge in [0, 0.05) is 11.6 Å². The van der Waals surface area contributed by atoms with Crippen molar-refractivity contribution in [3.8, 4) is 0 Å². The van der Waals surface area contributed by atoms with E-state index < -0.39 is 6.04 Å². The molecule has 1 unspecified atom stereocenters. The summed E-state index contributed by atoms with van der Waals surface area (Å²) in [5.74, 6) is -0.478. The van der Waals surface area contributed by atoms with E-state index in [2.05, 4.69) is 5.32 Å². The van der Waals surface area contributed by atoms with Crippen molar-refractivity contribution in [2.45, 2.75) is 26.4 Å². The number of esters is 1. The summed E-state index contributed by atoms with van der Waals surface area (Å²) < 4.78 is 4.86. The lowest BCUT2D eigenvalue weighted by Crippen LogP contribution is -2.45. The van der Waals surface area contributed by atoms with E-state index >= 15 is 0 Å². The summed E-state index contributed by atoms with van der Waals surface area (Å²) in [6.07, 6.45) is 0. The van der Waals surface area contributed by atoms with Crippen molar-refractivity contribution < 1.29 is 14.3 Å². The Hall–Kier alpha value is -1.59. The van der Waals surface area contributed by atoms with E-state index in [9.17, 15) is 9.59 Å². The Balaban J connectivity index is 2.43. The number of likely N-dealkylation sites (N-methyl/N-ethyl adjacent to an activating group) is 1. The van der Waals surface area contributed by atoms with Crippen LogP contribution in [0.15, 0.2) is 24.3 Å². The molecule has 0 aliphatic rings. The van der Waals surface area contributed by atoms with Crippen molar-refractivity contribution in [3.05, 3.63) is 34.9 Å². The molecule has 116 valence electrons. The molecule has 6 heteroatoms. The van der Waals surface area contributed by atoms with Crippen LogP contribution in [0.5, 0.6) is 0 Å². The van der Waals surface area contributed by atoms with Crippen LogP contribution in [-0.2, 0) is 20.9 Å². The first-order valence-corrected chi connectivity index (χ1v) is 7.19. The highest BCUT2D eigenvalue weighted by molar-refractivity contribution is 6.30. The highest BCUT2D eigenvalue weighted by Gasteiger charge is 2.20. The van der Waals surface area contributed by atoms with Crippen LogP contribution in [0.25, 0.3) is 0 Å². The number of carbonyl (C=O) groups excluding carboxylic acids is 2. The van der Waals surface area contributed by atoms with Gasteiger partial charge in [-0.25, -0.2) is 0 Å². The second-order valence-electron chi connectivity index (χ2n) is 4.74. The first-order valence-electron chi connectivity index (χ1n) is 6.82. The van der Waals surface area contributed by atoms with E-state index in [1.807, 2.05) is 12.1 Å². The van der Waals surface area contributed by atoms with Gasteiger partial charge in [0.2, 0.25) is 5.91 Å². The second-order valence-corrected chi connectivity index (χ2v) is 5.18. The molecule has 1 rings (SSSR count). The van der Waals surface area contributed by atoms with E-state index in [0.29, 0.717) is 18.2 Å². The number of amides is 1. The average molecular weight is 313 g/mol. The standard InChI is InChI=1S/C15H21ClN2O3/c1-4-21-14(19)10-18(3)11(2)15(20)17-9-12-5-7-13(16)8-6-12/h5-8,11H,4,9-10H2,1-3H3,(H,17,20). The molecule has 1 aromatic rings. The predicted molar refractivity (Wildman–Crippen MR) is 82.0 cm³/mol. The molecular formula is C15H21ClN2O3. The van der Waals surface area contributed by atoms with E-state index in [1.54, 1.807) is 37.9 Å². The molecule has 0 aliphatic carbocycles. The molecule has 1 aromatic carbocycles. The van der Waals surface area contributed by atoms with Crippen molar-refractivity contribution in [1.82, 2.24) is 10.2 Å². The predicted octanol–water partition coefficient (Wildman–Crippen LogP) is 1.84. The minimum atomic E-state index is -0.415. The van der Waals surface area contributed by atoms with Gasteiger partial charge in [-0.05, 0) is 38.6 Å². The summed E-state index contributed by atoms with van der Waals surface area (Å²) in [6.45, 7) is 4.34. The molecule has 1 N–H and O–H groups in total. The summed E-state index contributed by atoms with van der Waals surface area (Å²) in [5.41, 5.74) is 0.966. The van der Waals surface area contributed by atoms with Crippen LogP contribution in [0.2, 0.25) is 5.02 Å². The number of hydrogen-bond donors (Lipinski definition) is 1. The number of carbonyl (C=O) groups is 2. The molecule has 0 fully saturated rings. The summed E-state index contributed by atoms with van der Waals surface area (Å²) in [5, 5.41) is 3.49. The number of ether oxygens (including phenoxy) is 1. The van der Waals surface area contributed by atoms with Gasteiger partial charge < -0.3 is 10.1 Å². The van der Waals surface area contributed by atoms with E-state index in [1.165, 1.54) is 0 Å². The fourth-order valence-electron chi connectivity index (χ4n) is 1.69. The Bertz CT molecular complexity index is 476. The van der Waals surface area contributed by atoms with Gasteiger partial charge in [-0.3, -0.25) is 14.5 Å². The lowest BCUT2D eigenvalue weighted by Gasteiger charge is -2.22. The number of rotatable bonds is 7. The molecule has 0 bridgehead atoms. The molecule has 0 radical (unpaired) electrons. The summed E-state index contributed by atoms with van der Waals surface area (Å²) in [7, 11) is 1.71. The van der Waals surface area contributed by atoms with Crippen LogP contribution < -0.4 is 5.32 Å². The fraction of sp³-hybridized carbons (Fsp3) is 0.467. The normalized spacial score (nSPS) is 12.0. The molecule has 1 atom stereocenters. The van der Waals surface area contributed by atoms with Gasteiger partial charge in [0.25, 0.3) is 0 Å². The monoisotopic (exact) mass is 312 g/mol. The smallest absolute Gasteiger partial charge is 0.320 e. The molecular weight excluding hydrogens is 292 g/mol. The highest BCUT2D eigenvalue weighted by Crippen LogP contribution is 2.09. The van der Waals surface area contributed by atoms with Gasteiger partial charge in [-0.2, -0.15) is 0 Å². The molecule has 1 amide bonds. The Morgan fingerprint density at radius 3 is 2.52 bits per heavy atom. The van der Waals surface area contributed by atoms with Crippen molar-refractivity contribution in [2.24, 2.45) is 0 Å². The number of nitrogens with one attached hydrogen (secondary N) is 1. The Morgan fingerprint density at radius 2 is 1.95 bits per heavy atom. The third kappa shape index (κ3) is 6.14. The van der Waals surface area contributed by atoms with E-state index in [0.717, 1.165) is 5.56 Å². The van der Waals surface area contributed by atoms with Crippen molar-refractivity contribution in [3.63, 3.8) is 0 Å². The lowest BCUT2D eigenvalue weighted by atomic mass is 10.2. The zero-order valence-electron chi connectivity index (χ0n) is 12.6. The lowest BCUT2D eigenvalue weighted by molar-refractivity contribution is -0.145. The van der Waals surface area contributed by atoms with Gasteiger partial charge in [-0.1, -0.05) is 23.7 Å². The number of benzene rings is 1. The molecule has 0 heterocycles. The molecule has 21 heavy (non-hydrogen) atoms. The third-order valence-corrected chi connectivity index (χ3v) is 3.36. The van der Waals surface area contributed by atoms with Gasteiger partial charge in [-0.15, -0.1) is 0 Å². The van der Waals surface area contributed by atoms with Crippen LogP contribution in [-0.4, -0.2) is 43.0 Å². The number of nitrogens with zero attached hydrogens (tertiary/aromatic N) is 1. The number of halogens is 1. The number of hydrogen-bond acceptors (Lipinski definition) is 4. The maximum atomic E-state index is 12.0. The van der Waals surface area contributed by atoms with Crippen molar-refractivity contribution >= 4 is 23.5 Å². The average Bonchev–Trinajstić information content (AvgIpc) is 2.45. The van der Waals surface area contributed by atoms with Crippen LogP contribution in [0.3, 0.4) is 0 Å². The summed E-state index contributed by atoms with van der Waals surface area (Å²) in [4.78, 5) is 25.1. The highest BCUT2D eigenvalue weighted by atomic mass is 35.5. The second kappa shape index (κ2) is 8.64. The van der Waals surface area contributed by atoms with Gasteiger partial charge in [0.1, 0.15) is 0 Å². The van der Waals surface area contributed by atoms with Crippen LogP contribution in [0.4, 0.5) is 0 Å². The Morgan fingerprint density at radius 1 is 1.33 bits per heavy atom. The van der Waals surface area contributed by atoms with E-state index in [-0.39, 0.29) is 18.4 Å². The third-order valence-electron chi connectivity index (χ3n) is 3.10. The zero-order valence-corrected chi connectivity index (χ0v) is 13.3. The van der Waals surface area contributed by atoms with Crippen LogP contribution in [0, 0.1) is 0 Å². The van der Waals surface area contributed by atoms with Gasteiger partial charge in [0.15, 0.2) is 0 Å². The SMILES string of the molecule is CCOC(=O)CN(C)C(C)C(=O)NCc1ccc(Cl)cc1. The van der Waals surface area contributed by atoms with Crippen molar-refractivity contribution in [2.75, 3.05) is 20.2 Å². The maximum Gasteiger partial charge on any atom is 0.320 e. The summed E-state index contributed by atoms with van der Waals surface area (Å²) in [6, 6.07) is 6.85. The summed E-state index contributed by atoms with van der Waals surface area (Å²) >= 11 is 5.80. The quantitative estimate of drug-likeness (QED) is 0.781. The van der Waals surface area contributed by atoms with Crippen LogP contribution >= 0.6 is 11.6 Å². The minimum absolute atomic E-state index is 0.0867.